The fraction of sp³-hybridized carbons (Fsp3) is 0.538. The Balaban J connectivity index is 2.25. The van der Waals surface area contributed by atoms with Crippen molar-refractivity contribution < 1.29 is 4.79 Å². The van der Waals surface area contributed by atoms with Crippen LogP contribution in [0.2, 0.25) is 0 Å². The topological polar surface area (TPSA) is 56.1 Å². The summed E-state index contributed by atoms with van der Waals surface area (Å²) in [4.78, 5) is 13.5. The summed E-state index contributed by atoms with van der Waals surface area (Å²) in [5.74, 6) is -0.182. The number of nitrogens with one attached hydrogen (secondary N) is 1. The van der Waals surface area contributed by atoms with Gasteiger partial charge in [-0.25, -0.2) is 4.79 Å². The van der Waals surface area contributed by atoms with Gasteiger partial charge in [0, 0.05) is 19.3 Å². The lowest BCUT2D eigenvalue weighted by atomic mass is 10.1. The van der Waals surface area contributed by atoms with E-state index in [1.807, 2.05) is 4.90 Å². The number of urea groups is 1. The van der Waals surface area contributed by atoms with Crippen LogP contribution in [0.15, 0.2) is 24.9 Å². The van der Waals surface area contributed by atoms with Gasteiger partial charge in [0.2, 0.25) is 0 Å². The monoisotopic (exact) mass is 233 g/mol. The van der Waals surface area contributed by atoms with Gasteiger partial charge in [-0.1, -0.05) is 12.2 Å². The molecule has 1 atom stereocenters. The van der Waals surface area contributed by atoms with Crippen LogP contribution in [0.4, 0.5) is 4.79 Å². The summed E-state index contributed by atoms with van der Waals surface area (Å²) in [5.41, 5.74) is 0. The minimum absolute atomic E-state index is 0.0481. The van der Waals surface area contributed by atoms with Gasteiger partial charge in [-0.15, -0.1) is 6.58 Å². The quantitative estimate of drug-likeness (QED) is 0.758. The SMILES string of the molecule is C=CC(C#N)C/C=C/NC(=O)N1CCCCC1. The van der Waals surface area contributed by atoms with Gasteiger partial charge in [-0.2, -0.15) is 5.26 Å². The number of likely N-dealkylation sites (tertiary alicyclic amines) is 1. The van der Waals surface area contributed by atoms with Crippen LogP contribution in [0.5, 0.6) is 0 Å². The van der Waals surface area contributed by atoms with E-state index in [1.165, 1.54) is 6.42 Å². The number of piperidine rings is 1. The molecular formula is C13H19N3O. The van der Waals surface area contributed by atoms with Crippen molar-refractivity contribution in [2.24, 2.45) is 5.92 Å². The van der Waals surface area contributed by atoms with Crippen LogP contribution in [-0.4, -0.2) is 24.0 Å². The average molecular weight is 233 g/mol. The lowest BCUT2D eigenvalue weighted by Crippen LogP contribution is -2.40. The second-order valence-corrected chi connectivity index (χ2v) is 4.11. The molecular weight excluding hydrogens is 214 g/mol. The number of rotatable bonds is 4. The fourth-order valence-corrected chi connectivity index (χ4v) is 1.73. The van der Waals surface area contributed by atoms with Crippen molar-refractivity contribution in [3.63, 3.8) is 0 Å². The molecule has 0 spiro atoms. The normalized spacial score (nSPS) is 17.5. The minimum atomic E-state index is -0.182. The van der Waals surface area contributed by atoms with Crippen molar-refractivity contribution in [1.29, 1.82) is 5.26 Å². The van der Waals surface area contributed by atoms with Crippen LogP contribution in [0.1, 0.15) is 25.7 Å². The fourth-order valence-electron chi connectivity index (χ4n) is 1.73. The summed E-state index contributed by atoms with van der Waals surface area (Å²) in [5, 5.41) is 11.4. The van der Waals surface area contributed by atoms with Gasteiger partial charge < -0.3 is 10.2 Å². The molecule has 0 aromatic carbocycles. The van der Waals surface area contributed by atoms with Gasteiger partial charge in [0.1, 0.15) is 0 Å². The van der Waals surface area contributed by atoms with E-state index in [-0.39, 0.29) is 11.9 Å². The van der Waals surface area contributed by atoms with Gasteiger partial charge in [0.15, 0.2) is 0 Å². The van der Waals surface area contributed by atoms with Gasteiger partial charge in [0.25, 0.3) is 0 Å². The first-order chi connectivity index (χ1) is 8.27. The number of hydrogen-bond donors (Lipinski definition) is 1. The van der Waals surface area contributed by atoms with Gasteiger partial charge in [-0.05, 0) is 25.7 Å². The zero-order chi connectivity index (χ0) is 12.5. The standard InChI is InChI=1S/C13H19N3O/c1-2-12(11-14)7-6-8-15-13(17)16-9-4-3-5-10-16/h2,6,8,12H,1,3-5,7,9-10H2,(H,15,17)/b8-6+. The number of carbonyl (C=O) groups excluding carboxylic acids is 1. The summed E-state index contributed by atoms with van der Waals surface area (Å²) in [7, 11) is 0. The molecule has 4 heteroatoms. The van der Waals surface area contributed by atoms with Crippen molar-refractivity contribution in [2.75, 3.05) is 13.1 Å². The summed E-state index contributed by atoms with van der Waals surface area (Å²) in [6, 6.07) is 2.06. The van der Waals surface area contributed by atoms with E-state index < -0.39 is 0 Å². The third-order valence-electron chi connectivity index (χ3n) is 2.81. The first-order valence-electron chi connectivity index (χ1n) is 6.00. The highest BCUT2D eigenvalue weighted by atomic mass is 16.2. The van der Waals surface area contributed by atoms with Crippen molar-refractivity contribution >= 4 is 6.03 Å². The summed E-state index contributed by atoms with van der Waals surface area (Å²) in [6.07, 6.45) is 8.98. The highest BCUT2D eigenvalue weighted by molar-refractivity contribution is 5.75. The second kappa shape index (κ2) is 7.50. The maximum atomic E-state index is 11.7. The van der Waals surface area contributed by atoms with E-state index in [2.05, 4.69) is 18.0 Å². The Kier molecular flexibility index (Phi) is 5.87. The van der Waals surface area contributed by atoms with E-state index in [9.17, 15) is 4.79 Å². The highest BCUT2D eigenvalue weighted by Gasteiger charge is 2.14. The maximum Gasteiger partial charge on any atom is 0.321 e. The number of nitrogens with zero attached hydrogens (tertiary/aromatic N) is 2. The maximum absolute atomic E-state index is 11.7. The molecule has 1 heterocycles. The predicted octanol–water partition coefficient (Wildman–Crippen LogP) is 2.41. The van der Waals surface area contributed by atoms with Gasteiger partial charge in [0.05, 0.1) is 12.0 Å². The molecule has 1 rings (SSSR count). The molecule has 1 aliphatic rings. The molecule has 0 radical (unpaired) electrons. The molecule has 17 heavy (non-hydrogen) atoms. The zero-order valence-corrected chi connectivity index (χ0v) is 10.1. The minimum Gasteiger partial charge on any atom is -0.325 e. The number of carbonyl (C=O) groups is 1. The Morgan fingerprint density at radius 2 is 2.18 bits per heavy atom. The average Bonchev–Trinajstić information content (AvgIpc) is 2.40. The molecule has 0 bridgehead atoms. The van der Waals surface area contributed by atoms with E-state index in [0.29, 0.717) is 6.42 Å². The molecule has 0 saturated carbocycles. The second-order valence-electron chi connectivity index (χ2n) is 4.11. The summed E-state index contributed by atoms with van der Waals surface area (Å²) in [6.45, 7) is 5.25. The third kappa shape index (κ3) is 4.73. The van der Waals surface area contributed by atoms with E-state index in [4.69, 9.17) is 5.26 Å². The van der Waals surface area contributed by atoms with Gasteiger partial charge in [-0.3, -0.25) is 0 Å². The Hall–Kier alpha value is -1.76. The smallest absolute Gasteiger partial charge is 0.321 e. The first kappa shape index (κ1) is 13.3. The first-order valence-corrected chi connectivity index (χ1v) is 6.00. The van der Waals surface area contributed by atoms with E-state index >= 15 is 0 Å². The van der Waals surface area contributed by atoms with Crippen molar-refractivity contribution in [2.45, 2.75) is 25.7 Å². The number of allylic oxidation sites excluding steroid dienone is 2. The largest absolute Gasteiger partial charge is 0.325 e. The third-order valence-corrected chi connectivity index (χ3v) is 2.81. The molecule has 2 amide bonds. The Labute approximate surface area is 103 Å². The van der Waals surface area contributed by atoms with Crippen molar-refractivity contribution in [1.82, 2.24) is 10.2 Å². The van der Waals surface area contributed by atoms with Gasteiger partial charge >= 0.3 is 6.03 Å². The number of hydrogen-bond acceptors (Lipinski definition) is 2. The van der Waals surface area contributed by atoms with Crippen LogP contribution in [0, 0.1) is 17.2 Å². The number of amides is 2. The highest BCUT2D eigenvalue weighted by Crippen LogP contribution is 2.08. The molecule has 1 saturated heterocycles. The van der Waals surface area contributed by atoms with E-state index in [1.54, 1.807) is 18.4 Å². The van der Waals surface area contributed by atoms with Crippen molar-refractivity contribution in [3.05, 3.63) is 24.9 Å². The molecule has 1 fully saturated rings. The summed E-state index contributed by atoms with van der Waals surface area (Å²) >= 11 is 0. The molecule has 0 aromatic heterocycles. The van der Waals surface area contributed by atoms with Crippen LogP contribution in [-0.2, 0) is 0 Å². The summed E-state index contributed by atoms with van der Waals surface area (Å²) < 4.78 is 0. The molecule has 0 aliphatic carbocycles. The molecule has 4 nitrogen and oxygen atoms in total. The van der Waals surface area contributed by atoms with Crippen LogP contribution < -0.4 is 5.32 Å². The Morgan fingerprint density at radius 1 is 1.47 bits per heavy atom. The zero-order valence-electron chi connectivity index (χ0n) is 10.1. The number of nitriles is 1. The lowest BCUT2D eigenvalue weighted by molar-refractivity contribution is 0.190. The molecule has 92 valence electrons. The molecule has 1 N–H and O–H groups in total. The van der Waals surface area contributed by atoms with Crippen LogP contribution in [0.25, 0.3) is 0 Å². The molecule has 1 unspecified atom stereocenters. The Bertz CT molecular complexity index is 324. The van der Waals surface area contributed by atoms with E-state index in [0.717, 1.165) is 25.9 Å². The van der Waals surface area contributed by atoms with Crippen molar-refractivity contribution in [3.8, 4) is 6.07 Å². The predicted molar refractivity (Wildman–Crippen MR) is 67.0 cm³/mol. The molecule has 1 aliphatic heterocycles. The van der Waals surface area contributed by atoms with Crippen LogP contribution in [0.3, 0.4) is 0 Å². The lowest BCUT2D eigenvalue weighted by Gasteiger charge is -2.26. The van der Waals surface area contributed by atoms with Crippen LogP contribution >= 0.6 is 0 Å². The molecule has 0 aromatic rings. The Morgan fingerprint density at radius 3 is 2.76 bits per heavy atom.